The fourth-order valence-electron chi connectivity index (χ4n) is 2.62. The molecule has 0 atom stereocenters. The molecule has 1 aromatic carbocycles. The number of ether oxygens (including phenoxy) is 1. The van der Waals surface area contributed by atoms with Crippen molar-refractivity contribution in [1.82, 2.24) is 19.7 Å². The van der Waals surface area contributed by atoms with E-state index in [1.807, 2.05) is 44.6 Å². The second-order valence-corrected chi connectivity index (χ2v) is 6.22. The van der Waals surface area contributed by atoms with Crippen LogP contribution in [-0.2, 0) is 13.6 Å². The van der Waals surface area contributed by atoms with Crippen molar-refractivity contribution < 1.29 is 9.15 Å². The van der Waals surface area contributed by atoms with Gasteiger partial charge in [-0.3, -0.25) is 4.90 Å². The first-order chi connectivity index (χ1) is 11.9. The van der Waals surface area contributed by atoms with E-state index in [-0.39, 0.29) is 5.63 Å². The van der Waals surface area contributed by atoms with Gasteiger partial charge >= 0.3 is 5.63 Å². The van der Waals surface area contributed by atoms with Gasteiger partial charge in [0, 0.05) is 31.1 Å². The maximum atomic E-state index is 11.5. The van der Waals surface area contributed by atoms with Crippen molar-refractivity contribution in [2.24, 2.45) is 7.05 Å². The summed E-state index contributed by atoms with van der Waals surface area (Å²) >= 11 is 0. The van der Waals surface area contributed by atoms with Gasteiger partial charge in [0.15, 0.2) is 0 Å². The highest BCUT2D eigenvalue weighted by atomic mass is 16.5. The Labute approximate surface area is 145 Å². The Balaban J connectivity index is 1.59. The van der Waals surface area contributed by atoms with Gasteiger partial charge in [0.2, 0.25) is 0 Å². The van der Waals surface area contributed by atoms with Crippen LogP contribution in [0.25, 0.3) is 11.0 Å². The molecular weight excluding hydrogens is 320 g/mol. The summed E-state index contributed by atoms with van der Waals surface area (Å²) < 4.78 is 13.0. The normalized spacial score (nSPS) is 11.4. The predicted octanol–water partition coefficient (Wildman–Crippen LogP) is 2.05. The Hall–Kier alpha value is -2.67. The van der Waals surface area contributed by atoms with E-state index in [1.54, 1.807) is 6.07 Å². The third-order valence-corrected chi connectivity index (χ3v) is 4.26. The van der Waals surface area contributed by atoms with Crippen LogP contribution in [0.15, 0.2) is 33.5 Å². The highest BCUT2D eigenvalue weighted by Gasteiger charge is 2.09. The van der Waals surface area contributed by atoms with Gasteiger partial charge in [-0.2, -0.15) is 0 Å². The lowest BCUT2D eigenvalue weighted by molar-refractivity contribution is 0.228. The molecule has 2 aromatic heterocycles. The van der Waals surface area contributed by atoms with Gasteiger partial charge < -0.3 is 13.7 Å². The minimum Gasteiger partial charge on any atom is -0.492 e. The Morgan fingerprint density at radius 1 is 1.24 bits per heavy atom. The van der Waals surface area contributed by atoms with E-state index in [2.05, 4.69) is 15.1 Å². The average Bonchev–Trinajstić information content (AvgIpc) is 2.86. The summed E-state index contributed by atoms with van der Waals surface area (Å²) in [5.74, 6) is 2.50. The molecule has 0 bridgehead atoms. The first-order valence-corrected chi connectivity index (χ1v) is 8.15. The second-order valence-electron chi connectivity index (χ2n) is 6.22. The molecule has 25 heavy (non-hydrogen) atoms. The SMILES string of the molecule is Cc1cc(=O)oc2cc(OCCN(C)Cc3nnc(C)n3C)ccc12. The van der Waals surface area contributed by atoms with Crippen LogP contribution in [-0.4, -0.2) is 39.9 Å². The maximum Gasteiger partial charge on any atom is 0.336 e. The molecular formula is C18H22N4O3. The molecule has 0 radical (unpaired) electrons. The van der Waals surface area contributed by atoms with Crippen molar-refractivity contribution in [3.8, 4) is 5.75 Å². The largest absolute Gasteiger partial charge is 0.492 e. The Kier molecular flexibility index (Phi) is 4.85. The summed E-state index contributed by atoms with van der Waals surface area (Å²) in [6.07, 6.45) is 0. The predicted molar refractivity (Wildman–Crippen MR) is 94.8 cm³/mol. The number of nitrogens with zero attached hydrogens (tertiary/aromatic N) is 4. The molecule has 2 heterocycles. The number of aryl methyl sites for hydroxylation is 2. The fraction of sp³-hybridized carbons (Fsp3) is 0.389. The zero-order chi connectivity index (χ0) is 18.0. The number of hydrogen-bond donors (Lipinski definition) is 0. The van der Waals surface area contributed by atoms with Crippen LogP contribution in [0.4, 0.5) is 0 Å². The van der Waals surface area contributed by atoms with Gasteiger partial charge in [0.05, 0.1) is 6.54 Å². The van der Waals surface area contributed by atoms with E-state index < -0.39 is 0 Å². The molecule has 3 rings (SSSR count). The molecule has 0 amide bonds. The van der Waals surface area contributed by atoms with Crippen molar-refractivity contribution >= 4 is 11.0 Å². The van der Waals surface area contributed by atoms with E-state index >= 15 is 0 Å². The second kappa shape index (κ2) is 7.06. The quantitative estimate of drug-likeness (QED) is 0.638. The molecule has 0 N–H and O–H groups in total. The molecule has 7 heteroatoms. The minimum atomic E-state index is -0.346. The number of aromatic nitrogens is 3. The summed E-state index contributed by atoms with van der Waals surface area (Å²) in [4.78, 5) is 13.6. The monoisotopic (exact) mass is 342 g/mol. The molecule has 0 aliphatic rings. The van der Waals surface area contributed by atoms with Crippen molar-refractivity contribution in [2.75, 3.05) is 20.2 Å². The zero-order valence-corrected chi connectivity index (χ0v) is 14.9. The molecule has 0 fully saturated rings. The molecule has 0 aliphatic carbocycles. The van der Waals surface area contributed by atoms with E-state index in [1.165, 1.54) is 6.07 Å². The van der Waals surface area contributed by atoms with Crippen LogP contribution >= 0.6 is 0 Å². The van der Waals surface area contributed by atoms with Crippen LogP contribution in [0.1, 0.15) is 17.2 Å². The first kappa shape index (κ1) is 17.2. The minimum absolute atomic E-state index is 0.346. The Morgan fingerprint density at radius 2 is 2.04 bits per heavy atom. The molecule has 3 aromatic rings. The fourth-order valence-corrected chi connectivity index (χ4v) is 2.62. The van der Waals surface area contributed by atoms with Crippen LogP contribution in [0.5, 0.6) is 5.75 Å². The zero-order valence-electron chi connectivity index (χ0n) is 14.9. The number of likely N-dealkylation sites (N-methyl/N-ethyl adjacent to an activating group) is 1. The molecule has 0 aliphatic heterocycles. The summed E-state index contributed by atoms with van der Waals surface area (Å²) in [5, 5.41) is 9.14. The third kappa shape index (κ3) is 3.88. The van der Waals surface area contributed by atoms with Gasteiger partial charge in [-0.15, -0.1) is 10.2 Å². The summed E-state index contributed by atoms with van der Waals surface area (Å²) in [5.41, 5.74) is 1.10. The van der Waals surface area contributed by atoms with Gasteiger partial charge in [0.25, 0.3) is 0 Å². The molecule has 7 nitrogen and oxygen atoms in total. The highest BCUT2D eigenvalue weighted by molar-refractivity contribution is 5.81. The van der Waals surface area contributed by atoms with Crippen molar-refractivity contribution in [3.63, 3.8) is 0 Å². The van der Waals surface area contributed by atoms with Crippen LogP contribution in [0, 0.1) is 13.8 Å². The smallest absolute Gasteiger partial charge is 0.336 e. The van der Waals surface area contributed by atoms with Gasteiger partial charge in [-0.1, -0.05) is 0 Å². The number of rotatable bonds is 6. The number of benzene rings is 1. The third-order valence-electron chi connectivity index (χ3n) is 4.26. The van der Waals surface area contributed by atoms with E-state index in [4.69, 9.17) is 9.15 Å². The molecule has 0 saturated carbocycles. The van der Waals surface area contributed by atoms with E-state index in [0.717, 1.165) is 29.1 Å². The van der Waals surface area contributed by atoms with Crippen molar-refractivity contribution in [3.05, 3.63) is 51.9 Å². The maximum absolute atomic E-state index is 11.5. The Bertz CT molecular complexity index is 945. The molecule has 132 valence electrons. The molecule has 0 unspecified atom stereocenters. The molecule has 0 saturated heterocycles. The van der Waals surface area contributed by atoms with E-state index in [0.29, 0.717) is 24.5 Å². The van der Waals surface area contributed by atoms with E-state index in [9.17, 15) is 4.79 Å². The summed E-state index contributed by atoms with van der Waals surface area (Å²) in [6, 6.07) is 7.05. The van der Waals surface area contributed by atoms with Crippen LogP contribution in [0.2, 0.25) is 0 Å². The van der Waals surface area contributed by atoms with Crippen LogP contribution in [0.3, 0.4) is 0 Å². The van der Waals surface area contributed by atoms with Crippen LogP contribution < -0.4 is 10.4 Å². The topological polar surface area (TPSA) is 73.4 Å². The summed E-state index contributed by atoms with van der Waals surface area (Å²) in [7, 11) is 3.97. The lowest BCUT2D eigenvalue weighted by atomic mass is 10.1. The van der Waals surface area contributed by atoms with Crippen molar-refractivity contribution in [1.29, 1.82) is 0 Å². The number of hydrogen-bond acceptors (Lipinski definition) is 6. The number of fused-ring (bicyclic) bond motifs is 1. The lowest BCUT2D eigenvalue weighted by Crippen LogP contribution is -2.25. The lowest BCUT2D eigenvalue weighted by Gasteiger charge is -2.16. The van der Waals surface area contributed by atoms with Crippen molar-refractivity contribution in [2.45, 2.75) is 20.4 Å². The van der Waals surface area contributed by atoms with Gasteiger partial charge in [-0.25, -0.2) is 4.79 Å². The van der Waals surface area contributed by atoms with Gasteiger partial charge in [0.1, 0.15) is 29.6 Å². The average molecular weight is 342 g/mol. The highest BCUT2D eigenvalue weighted by Crippen LogP contribution is 2.22. The van der Waals surface area contributed by atoms with Gasteiger partial charge in [-0.05, 0) is 38.6 Å². The first-order valence-electron chi connectivity index (χ1n) is 8.15. The summed E-state index contributed by atoms with van der Waals surface area (Å²) in [6.45, 7) is 5.78. The standard InChI is InChI=1S/C18H22N4O3/c1-12-9-18(23)25-16-10-14(5-6-15(12)16)24-8-7-21(3)11-17-20-19-13(2)22(17)4/h5-6,9-10H,7-8,11H2,1-4H3. The Morgan fingerprint density at radius 3 is 2.76 bits per heavy atom. The molecule has 0 spiro atoms.